The van der Waals surface area contributed by atoms with Gasteiger partial charge in [-0.1, -0.05) is 44.2 Å². The van der Waals surface area contributed by atoms with Gasteiger partial charge < -0.3 is 4.90 Å². The summed E-state index contributed by atoms with van der Waals surface area (Å²) >= 11 is 1.55. The summed E-state index contributed by atoms with van der Waals surface area (Å²) in [4.78, 5) is 15.7. The molecule has 0 aliphatic carbocycles. The van der Waals surface area contributed by atoms with E-state index in [4.69, 9.17) is 5.26 Å². The fraction of sp³-hybridized carbons (Fsp3) is 0.333. The van der Waals surface area contributed by atoms with Gasteiger partial charge in [-0.25, -0.2) is 0 Å². The number of benzene rings is 2. The van der Waals surface area contributed by atoms with Crippen LogP contribution in [0, 0.1) is 11.3 Å². The van der Waals surface area contributed by atoms with Crippen molar-refractivity contribution in [1.82, 2.24) is 0 Å². The van der Waals surface area contributed by atoms with Crippen molar-refractivity contribution in [2.45, 2.75) is 43.3 Å². The SMILES string of the molecule is CC(Sc1ccc(C(C)C)cc1)C(=O)N(CCC#N)c1ccccc1. The summed E-state index contributed by atoms with van der Waals surface area (Å²) in [5.74, 6) is 0.525. The summed E-state index contributed by atoms with van der Waals surface area (Å²) < 4.78 is 0. The van der Waals surface area contributed by atoms with Crippen molar-refractivity contribution in [3.63, 3.8) is 0 Å². The number of hydrogen-bond acceptors (Lipinski definition) is 3. The minimum absolute atomic E-state index is 0.0272. The number of nitrogens with zero attached hydrogens (tertiary/aromatic N) is 2. The molecule has 0 spiro atoms. The van der Waals surface area contributed by atoms with Crippen LogP contribution in [0.5, 0.6) is 0 Å². The number of hydrogen-bond donors (Lipinski definition) is 0. The molecule has 2 aromatic rings. The lowest BCUT2D eigenvalue weighted by atomic mass is 10.0. The average Bonchev–Trinajstić information content (AvgIpc) is 2.63. The molecule has 0 aliphatic rings. The number of carbonyl (C=O) groups excluding carboxylic acids is 1. The smallest absolute Gasteiger partial charge is 0.240 e. The van der Waals surface area contributed by atoms with E-state index in [1.165, 1.54) is 5.56 Å². The normalized spacial score (nSPS) is 11.8. The number of amides is 1. The summed E-state index contributed by atoms with van der Waals surface area (Å²) in [5, 5.41) is 8.68. The molecule has 0 N–H and O–H groups in total. The molecule has 0 saturated carbocycles. The fourth-order valence-electron chi connectivity index (χ4n) is 2.54. The Labute approximate surface area is 154 Å². The Morgan fingerprint density at radius 1 is 1.08 bits per heavy atom. The summed E-state index contributed by atoms with van der Waals surface area (Å²) in [5.41, 5.74) is 2.13. The van der Waals surface area contributed by atoms with Gasteiger partial charge in [0.1, 0.15) is 0 Å². The molecule has 0 aliphatic heterocycles. The molecule has 1 atom stereocenters. The largest absolute Gasteiger partial charge is 0.310 e. The first-order chi connectivity index (χ1) is 12.0. The van der Waals surface area contributed by atoms with E-state index in [2.05, 4.69) is 44.2 Å². The Hall–Kier alpha value is -2.25. The van der Waals surface area contributed by atoms with Crippen LogP contribution in [0.15, 0.2) is 59.5 Å². The number of anilines is 1. The predicted octanol–water partition coefficient (Wildman–Crippen LogP) is 5.24. The van der Waals surface area contributed by atoms with Crippen LogP contribution in [0.4, 0.5) is 5.69 Å². The van der Waals surface area contributed by atoms with Crippen LogP contribution >= 0.6 is 11.8 Å². The summed E-state index contributed by atoms with van der Waals surface area (Å²) in [6.45, 7) is 6.67. The summed E-state index contributed by atoms with van der Waals surface area (Å²) in [6, 6.07) is 20.1. The van der Waals surface area contributed by atoms with Crippen molar-refractivity contribution in [1.29, 1.82) is 5.26 Å². The first-order valence-electron chi connectivity index (χ1n) is 8.53. The van der Waals surface area contributed by atoms with Crippen LogP contribution in [-0.4, -0.2) is 17.7 Å². The second-order valence-electron chi connectivity index (χ2n) is 6.22. The first-order valence-corrected chi connectivity index (χ1v) is 9.41. The molecule has 2 aromatic carbocycles. The van der Waals surface area contributed by atoms with Crippen LogP contribution in [0.2, 0.25) is 0 Å². The summed E-state index contributed by atoms with van der Waals surface area (Å²) in [7, 11) is 0. The number of para-hydroxylation sites is 1. The molecule has 4 heteroatoms. The topological polar surface area (TPSA) is 44.1 Å². The Kier molecular flexibility index (Phi) is 7.09. The van der Waals surface area contributed by atoms with Gasteiger partial charge in [-0.2, -0.15) is 5.26 Å². The van der Waals surface area contributed by atoms with E-state index in [1.54, 1.807) is 16.7 Å². The molecule has 0 heterocycles. The molecule has 0 radical (unpaired) electrons. The minimum Gasteiger partial charge on any atom is -0.310 e. The molecular weight excluding hydrogens is 328 g/mol. The molecule has 130 valence electrons. The van der Waals surface area contributed by atoms with E-state index in [9.17, 15) is 4.79 Å². The molecule has 2 rings (SSSR count). The van der Waals surface area contributed by atoms with Gasteiger partial charge >= 0.3 is 0 Å². The molecule has 0 aromatic heterocycles. The van der Waals surface area contributed by atoms with Crippen LogP contribution in [0.1, 0.15) is 38.7 Å². The van der Waals surface area contributed by atoms with E-state index < -0.39 is 0 Å². The highest BCUT2D eigenvalue weighted by Gasteiger charge is 2.22. The van der Waals surface area contributed by atoms with Gasteiger partial charge in [0, 0.05) is 17.1 Å². The third kappa shape index (κ3) is 5.37. The van der Waals surface area contributed by atoms with Crippen LogP contribution in [0.25, 0.3) is 0 Å². The monoisotopic (exact) mass is 352 g/mol. The fourth-order valence-corrected chi connectivity index (χ4v) is 3.47. The van der Waals surface area contributed by atoms with E-state index >= 15 is 0 Å². The van der Waals surface area contributed by atoms with E-state index in [1.807, 2.05) is 37.3 Å². The standard InChI is InChI=1S/C21H24N2OS/c1-16(2)18-10-12-20(13-11-18)25-17(3)21(24)23(15-7-14-22)19-8-5-4-6-9-19/h4-6,8-13,16-17H,7,15H2,1-3H3. The molecule has 0 bridgehead atoms. The highest BCUT2D eigenvalue weighted by Crippen LogP contribution is 2.28. The van der Waals surface area contributed by atoms with Crippen molar-refractivity contribution in [2.24, 2.45) is 0 Å². The van der Waals surface area contributed by atoms with Crippen molar-refractivity contribution in [3.8, 4) is 6.07 Å². The molecule has 25 heavy (non-hydrogen) atoms. The van der Waals surface area contributed by atoms with Crippen molar-refractivity contribution < 1.29 is 4.79 Å². The molecule has 1 unspecified atom stereocenters. The van der Waals surface area contributed by atoms with Gasteiger partial charge in [0.05, 0.1) is 17.7 Å². The van der Waals surface area contributed by atoms with E-state index in [0.29, 0.717) is 18.9 Å². The van der Waals surface area contributed by atoms with Gasteiger partial charge in [-0.15, -0.1) is 11.8 Å². The number of rotatable bonds is 7. The number of thioether (sulfide) groups is 1. The molecule has 1 amide bonds. The zero-order chi connectivity index (χ0) is 18.2. The summed E-state index contributed by atoms with van der Waals surface area (Å²) in [6.07, 6.45) is 0.321. The Morgan fingerprint density at radius 2 is 1.72 bits per heavy atom. The lowest BCUT2D eigenvalue weighted by molar-refractivity contribution is -0.117. The maximum absolute atomic E-state index is 12.9. The molecule has 3 nitrogen and oxygen atoms in total. The van der Waals surface area contributed by atoms with Crippen LogP contribution in [0.3, 0.4) is 0 Å². The van der Waals surface area contributed by atoms with Crippen LogP contribution < -0.4 is 4.90 Å². The van der Waals surface area contributed by atoms with Crippen molar-refractivity contribution in [2.75, 3.05) is 11.4 Å². The first kappa shape index (κ1) is 19.1. The zero-order valence-corrected chi connectivity index (χ0v) is 15.8. The second kappa shape index (κ2) is 9.29. The van der Waals surface area contributed by atoms with Crippen molar-refractivity contribution >= 4 is 23.4 Å². The zero-order valence-electron chi connectivity index (χ0n) is 15.0. The van der Waals surface area contributed by atoms with Gasteiger partial charge in [0.25, 0.3) is 0 Å². The Balaban J connectivity index is 2.11. The predicted molar refractivity (Wildman–Crippen MR) is 105 cm³/mol. The van der Waals surface area contributed by atoms with E-state index in [0.717, 1.165) is 10.6 Å². The third-order valence-electron chi connectivity index (χ3n) is 3.99. The Bertz CT molecular complexity index is 720. The number of nitriles is 1. The lowest BCUT2D eigenvalue weighted by Gasteiger charge is -2.25. The maximum Gasteiger partial charge on any atom is 0.240 e. The molecule has 0 saturated heterocycles. The minimum atomic E-state index is -0.219. The van der Waals surface area contributed by atoms with Gasteiger partial charge in [0.15, 0.2) is 0 Å². The van der Waals surface area contributed by atoms with Crippen LogP contribution in [-0.2, 0) is 4.79 Å². The highest BCUT2D eigenvalue weighted by molar-refractivity contribution is 8.00. The van der Waals surface area contributed by atoms with Crippen molar-refractivity contribution in [3.05, 3.63) is 60.2 Å². The highest BCUT2D eigenvalue weighted by atomic mass is 32.2. The maximum atomic E-state index is 12.9. The lowest BCUT2D eigenvalue weighted by Crippen LogP contribution is -2.37. The Morgan fingerprint density at radius 3 is 2.28 bits per heavy atom. The number of carbonyl (C=O) groups is 1. The van der Waals surface area contributed by atoms with E-state index in [-0.39, 0.29) is 11.2 Å². The third-order valence-corrected chi connectivity index (χ3v) is 5.09. The average molecular weight is 353 g/mol. The molecule has 0 fully saturated rings. The quantitative estimate of drug-likeness (QED) is 0.640. The van der Waals surface area contributed by atoms with Gasteiger partial charge in [0.2, 0.25) is 5.91 Å². The second-order valence-corrected chi connectivity index (χ2v) is 7.63. The molecular formula is C21H24N2OS. The van der Waals surface area contributed by atoms with Gasteiger partial charge in [-0.05, 0) is 42.7 Å². The van der Waals surface area contributed by atoms with Gasteiger partial charge in [-0.3, -0.25) is 4.79 Å².